The van der Waals surface area contributed by atoms with Crippen molar-refractivity contribution in [3.63, 3.8) is 0 Å². The standard InChI is InChI=1S/C17H29N3O2/c21-16-8-4-3-7-15(16)20-11-9-14(10-12-20)19-17(22)18-13-5-1-2-6-13/h1-2,13-16,21H,3-12H2,(H2,18,19,22). The van der Waals surface area contributed by atoms with Gasteiger partial charge < -0.3 is 15.7 Å². The highest BCUT2D eigenvalue weighted by Crippen LogP contribution is 2.25. The maximum Gasteiger partial charge on any atom is 0.315 e. The molecular formula is C17H29N3O2. The number of urea groups is 1. The highest BCUT2D eigenvalue weighted by atomic mass is 16.3. The predicted octanol–water partition coefficient (Wildman–Crippen LogP) is 1.77. The number of aliphatic hydroxyl groups is 1. The number of carbonyl (C=O) groups is 1. The molecule has 124 valence electrons. The molecule has 0 aromatic heterocycles. The van der Waals surface area contributed by atoms with Crippen LogP contribution in [-0.2, 0) is 0 Å². The van der Waals surface area contributed by atoms with Gasteiger partial charge in [-0.15, -0.1) is 0 Å². The monoisotopic (exact) mass is 307 g/mol. The maximum absolute atomic E-state index is 12.0. The molecule has 1 aliphatic heterocycles. The fraction of sp³-hybridized carbons (Fsp3) is 0.824. The van der Waals surface area contributed by atoms with E-state index in [0.717, 1.165) is 58.0 Å². The molecule has 5 heteroatoms. The zero-order valence-electron chi connectivity index (χ0n) is 13.3. The van der Waals surface area contributed by atoms with Crippen LogP contribution in [-0.4, -0.2) is 53.4 Å². The lowest BCUT2D eigenvalue weighted by atomic mass is 9.89. The number of nitrogens with zero attached hydrogens (tertiary/aromatic N) is 1. The van der Waals surface area contributed by atoms with Crippen LogP contribution in [0, 0.1) is 0 Å². The number of hydrogen-bond acceptors (Lipinski definition) is 3. The van der Waals surface area contributed by atoms with E-state index in [1.165, 1.54) is 6.42 Å². The summed E-state index contributed by atoms with van der Waals surface area (Å²) in [6, 6.07) is 0.863. The molecule has 2 fully saturated rings. The number of carbonyl (C=O) groups excluding carboxylic acids is 1. The van der Waals surface area contributed by atoms with E-state index in [-0.39, 0.29) is 24.2 Å². The molecule has 5 nitrogen and oxygen atoms in total. The van der Waals surface area contributed by atoms with E-state index in [1.54, 1.807) is 0 Å². The second-order valence-electron chi connectivity index (χ2n) is 6.99. The van der Waals surface area contributed by atoms with Crippen molar-refractivity contribution in [2.75, 3.05) is 13.1 Å². The summed E-state index contributed by atoms with van der Waals surface area (Å²) in [6.45, 7) is 1.97. The Bertz CT molecular complexity index is 397. The first kappa shape index (κ1) is 15.8. The number of hydrogen-bond donors (Lipinski definition) is 3. The van der Waals surface area contributed by atoms with Crippen molar-refractivity contribution in [3.8, 4) is 0 Å². The molecule has 0 spiro atoms. The van der Waals surface area contributed by atoms with E-state index in [4.69, 9.17) is 0 Å². The minimum atomic E-state index is -0.156. The zero-order valence-corrected chi connectivity index (χ0v) is 13.3. The van der Waals surface area contributed by atoms with Crippen molar-refractivity contribution in [1.82, 2.24) is 15.5 Å². The van der Waals surface area contributed by atoms with Crippen molar-refractivity contribution in [2.45, 2.75) is 75.6 Å². The normalized spacial score (nSPS) is 31.3. The average Bonchev–Trinajstić information content (AvgIpc) is 3.01. The SMILES string of the molecule is O=C(NC1CC=CC1)NC1CCN(C2CCCCC2O)CC1. The van der Waals surface area contributed by atoms with Gasteiger partial charge in [0, 0.05) is 31.2 Å². The Hall–Kier alpha value is -1.07. The fourth-order valence-corrected chi connectivity index (χ4v) is 4.04. The molecule has 2 amide bonds. The van der Waals surface area contributed by atoms with Crippen molar-refractivity contribution in [3.05, 3.63) is 12.2 Å². The van der Waals surface area contributed by atoms with Gasteiger partial charge in [-0.3, -0.25) is 4.90 Å². The Morgan fingerprint density at radius 2 is 1.59 bits per heavy atom. The highest BCUT2D eigenvalue weighted by molar-refractivity contribution is 5.74. The predicted molar refractivity (Wildman–Crippen MR) is 86.7 cm³/mol. The van der Waals surface area contributed by atoms with Crippen LogP contribution in [0.2, 0.25) is 0 Å². The van der Waals surface area contributed by atoms with Gasteiger partial charge in [0.05, 0.1) is 6.10 Å². The van der Waals surface area contributed by atoms with Crippen molar-refractivity contribution < 1.29 is 9.90 Å². The second kappa shape index (κ2) is 7.47. The van der Waals surface area contributed by atoms with E-state index in [0.29, 0.717) is 6.04 Å². The number of likely N-dealkylation sites (tertiary alicyclic amines) is 1. The molecule has 2 aliphatic carbocycles. The van der Waals surface area contributed by atoms with Crippen LogP contribution in [0.5, 0.6) is 0 Å². The van der Waals surface area contributed by atoms with Crippen LogP contribution in [0.25, 0.3) is 0 Å². The number of piperidine rings is 1. The second-order valence-corrected chi connectivity index (χ2v) is 6.99. The van der Waals surface area contributed by atoms with E-state index in [1.807, 2.05) is 0 Å². The molecular weight excluding hydrogens is 278 g/mol. The lowest BCUT2D eigenvalue weighted by Gasteiger charge is -2.41. The van der Waals surface area contributed by atoms with E-state index >= 15 is 0 Å². The topological polar surface area (TPSA) is 64.6 Å². The molecule has 2 unspecified atom stereocenters. The number of rotatable bonds is 3. The summed E-state index contributed by atoms with van der Waals surface area (Å²) in [5.74, 6) is 0. The van der Waals surface area contributed by atoms with Gasteiger partial charge in [-0.25, -0.2) is 4.79 Å². The minimum Gasteiger partial charge on any atom is -0.391 e. The minimum absolute atomic E-state index is 0.0233. The fourth-order valence-electron chi connectivity index (χ4n) is 4.04. The Kier molecular flexibility index (Phi) is 5.37. The van der Waals surface area contributed by atoms with Gasteiger partial charge in [-0.2, -0.15) is 0 Å². The van der Waals surface area contributed by atoms with Crippen LogP contribution in [0.3, 0.4) is 0 Å². The molecule has 1 saturated carbocycles. The number of aliphatic hydroxyl groups excluding tert-OH is 1. The van der Waals surface area contributed by atoms with Gasteiger partial charge in [-0.1, -0.05) is 25.0 Å². The van der Waals surface area contributed by atoms with Crippen LogP contribution in [0.15, 0.2) is 12.2 Å². The Morgan fingerprint density at radius 3 is 2.27 bits per heavy atom. The van der Waals surface area contributed by atoms with Crippen LogP contribution in [0.1, 0.15) is 51.4 Å². The van der Waals surface area contributed by atoms with E-state index < -0.39 is 0 Å². The van der Waals surface area contributed by atoms with Crippen LogP contribution >= 0.6 is 0 Å². The molecule has 3 rings (SSSR count). The van der Waals surface area contributed by atoms with Crippen LogP contribution in [0.4, 0.5) is 4.79 Å². The van der Waals surface area contributed by atoms with Gasteiger partial charge in [0.25, 0.3) is 0 Å². The van der Waals surface area contributed by atoms with Gasteiger partial charge in [0.2, 0.25) is 0 Å². The van der Waals surface area contributed by atoms with E-state index in [9.17, 15) is 9.90 Å². The molecule has 0 radical (unpaired) electrons. The largest absolute Gasteiger partial charge is 0.391 e. The molecule has 2 atom stereocenters. The summed E-state index contributed by atoms with van der Waals surface area (Å²) in [7, 11) is 0. The van der Waals surface area contributed by atoms with Crippen molar-refractivity contribution in [1.29, 1.82) is 0 Å². The van der Waals surface area contributed by atoms with Crippen LogP contribution < -0.4 is 10.6 Å². The molecule has 3 N–H and O–H groups in total. The number of nitrogens with one attached hydrogen (secondary N) is 2. The maximum atomic E-state index is 12.0. The smallest absolute Gasteiger partial charge is 0.315 e. The summed E-state index contributed by atoms with van der Waals surface area (Å²) in [4.78, 5) is 14.4. The lowest BCUT2D eigenvalue weighted by Crippen LogP contribution is -2.53. The third kappa shape index (κ3) is 4.02. The Labute approximate surface area is 133 Å². The Balaban J connectivity index is 1.38. The average molecular weight is 307 g/mol. The van der Waals surface area contributed by atoms with Gasteiger partial charge in [-0.05, 0) is 38.5 Å². The summed E-state index contributed by atoms with van der Waals surface area (Å²) in [6.07, 6.45) is 12.4. The third-order valence-electron chi connectivity index (χ3n) is 5.37. The highest BCUT2D eigenvalue weighted by Gasteiger charge is 2.31. The van der Waals surface area contributed by atoms with E-state index in [2.05, 4.69) is 27.7 Å². The van der Waals surface area contributed by atoms with Gasteiger partial charge in [0.15, 0.2) is 0 Å². The first-order valence-corrected chi connectivity index (χ1v) is 8.86. The lowest BCUT2D eigenvalue weighted by molar-refractivity contribution is 0.00775. The summed E-state index contributed by atoms with van der Waals surface area (Å²) in [5, 5.41) is 16.3. The van der Waals surface area contributed by atoms with Crippen molar-refractivity contribution >= 4 is 6.03 Å². The molecule has 0 aromatic carbocycles. The third-order valence-corrected chi connectivity index (χ3v) is 5.37. The first-order chi connectivity index (χ1) is 10.7. The molecule has 1 saturated heterocycles. The molecule has 1 heterocycles. The number of amides is 2. The molecule has 0 bridgehead atoms. The summed E-state index contributed by atoms with van der Waals surface area (Å²) < 4.78 is 0. The summed E-state index contributed by atoms with van der Waals surface area (Å²) in [5.41, 5.74) is 0. The molecule has 0 aromatic rings. The Morgan fingerprint density at radius 1 is 0.955 bits per heavy atom. The molecule has 3 aliphatic rings. The quantitative estimate of drug-likeness (QED) is 0.696. The van der Waals surface area contributed by atoms with Gasteiger partial charge in [0.1, 0.15) is 0 Å². The summed E-state index contributed by atoms with van der Waals surface area (Å²) >= 11 is 0. The first-order valence-electron chi connectivity index (χ1n) is 8.86. The molecule has 22 heavy (non-hydrogen) atoms. The van der Waals surface area contributed by atoms with Gasteiger partial charge >= 0.3 is 6.03 Å². The van der Waals surface area contributed by atoms with Crippen molar-refractivity contribution in [2.24, 2.45) is 0 Å². The zero-order chi connectivity index (χ0) is 15.4.